The second-order valence-corrected chi connectivity index (χ2v) is 10.7. The standard InChI is InChI=1S/C35H22IN3/c36-19-18-32-34(37)30-16-17-31-29(9-4-20-38-31)35(30)39(32)22-12-10-21(11-13-22)23-14-15-28-25-6-2-1-5-24(25)27-8-3-7-26(23)33(27)28/h1-20H,37H2/b19-18-. The molecule has 2 N–H and O–H groups in total. The van der Waals surface area contributed by atoms with E-state index >= 15 is 0 Å². The van der Waals surface area contributed by atoms with Crippen LogP contribution < -0.4 is 5.73 Å². The Labute approximate surface area is 239 Å². The van der Waals surface area contributed by atoms with Crippen molar-refractivity contribution in [2.45, 2.75) is 0 Å². The van der Waals surface area contributed by atoms with Crippen LogP contribution in [0.25, 0.3) is 77.7 Å². The molecule has 0 fully saturated rings. The van der Waals surface area contributed by atoms with E-state index in [-0.39, 0.29) is 0 Å². The minimum absolute atomic E-state index is 0.778. The predicted octanol–water partition coefficient (Wildman–Crippen LogP) is 9.63. The summed E-state index contributed by atoms with van der Waals surface area (Å²) in [5.74, 6) is 0. The summed E-state index contributed by atoms with van der Waals surface area (Å²) in [6, 6.07) is 37.0. The van der Waals surface area contributed by atoms with Crippen LogP contribution in [0.2, 0.25) is 0 Å². The van der Waals surface area contributed by atoms with E-state index in [4.69, 9.17) is 5.73 Å². The smallest absolute Gasteiger partial charge is 0.0723 e. The fraction of sp³-hybridized carbons (Fsp3) is 0. The third-order valence-corrected chi connectivity index (χ3v) is 8.35. The molecule has 0 saturated heterocycles. The number of anilines is 1. The van der Waals surface area contributed by atoms with E-state index in [0.29, 0.717) is 0 Å². The number of pyridine rings is 1. The van der Waals surface area contributed by atoms with Gasteiger partial charge in [-0.05, 0) is 90.7 Å². The molecule has 2 aromatic heterocycles. The van der Waals surface area contributed by atoms with Crippen LogP contribution in [-0.4, -0.2) is 9.55 Å². The molecule has 3 nitrogen and oxygen atoms in total. The Kier molecular flexibility index (Phi) is 4.94. The topological polar surface area (TPSA) is 43.8 Å². The van der Waals surface area contributed by atoms with Gasteiger partial charge in [0.25, 0.3) is 0 Å². The number of rotatable bonds is 3. The average molecular weight is 611 g/mol. The highest BCUT2D eigenvalue weighted by Crippen LogP contribution is 2.49. The van der Waals surface area contributed by atoms with Crippen molar-refractivity contribution in [3.05, 3.63) is 119 Å². The van der Waals surface area contributed by atoms with Gasteiger partial charge < -0.3 is 10.3 Å². The van der Waals surface area contributed by atoms with E-state index in [1.54, 1.807) is 0 Å². The third kappa shape index (κ3) is 3.18. The van der Waals surface area contributed by atoms with Gasteiger partial charge in [0.15, 0.2) is 0 Å². The zero-order valence-corrected chi connectivity index (χ0v) is 23.1. The fourth-order valence-electron chi connectivity index (χ4n) is 6.32. The first kappa shape index (κ1) is 22.6. The summed E-state index contributed by atoms with van der Waals surface area (Å²) in [4.78, 5) is 4.59. The zero-order chi connectivity index (χ0) is 26.1. The molecule has 5 aromatic carbocycles. The monoisotopic (exact) mass is 611 g/mol. The molecule has 0 saturated carbocycles. The molecule has 0 unspecified atom stereocenters. The van der Waals surface area contributed by atoms with Gasteiger partial charge in [0.2, 0.25) is 0 Å². The maximum absolute atomic E-state index is 6.71. The minimum atomic E-state index is 0.778. The van der Waals surface area contributed by atoms with Crippen LogP contribution in [0.5, 0.6) is 0 Å². The van der Waals surface area contributed by atoms with Crippen LogP contribution in [0.15, 0.2) is 113 Å². The highest BCUT2D eigenvalue weighted by atomic mass is 127. The molecule has 8 rings (SSSR count). The number of hydrogen-bond acceptors (Lipinski definition) is 2. The summed E-state index contributed by atoms with van der Waals surface area (Å²) in [7, 11) is 0. The number of nitrogen functional groups attached to an aromatic ring is 1. The summed E-state index contributed by atoms with van der Waals surface area (Å²) < 4.78 is 4.27. The number of nitrogens with two attached hydrogens (primary N) is 1. The summed E-state index contributed by atoms with van der Waals surface area (Å²) in [5, 5.41) is 4.76. The van der Waals surface area contributed by atoms with E-state index < -0.39 is 0 Å². The van der Waals surface area contributed by atoms with Crippen LogP contribution in [0, 0.1) is 0 Å². The molecular formula is C35H22IN3. The SMILES string of the molecule is Nc1c(/C=C\I)n(-c2ccc(-c3ccc4c5c(cccc35)-c3ccccc3-4)cc2)c2c1ccc1ncccc12. The molecule has 0 amide bonds. The molecule has 0 atom stereocenters. The van der Waals surface area contributed by atoms with Gasteiger partial charge in [0, 0.05) is 22.7 Å². The van der Waals surface area contributed by atoms with Crippen molar-refractivity contribution >= 4 is 66.9 Å². The first-order valence-electron chi connectivity index (χ1n) is 13.0. The third-order valence-electron chi connectivity index (χ3n) is 7.99. The molecule has 39 heavy (non-hydrogen) atoms. The van der Waals surface area contributed by atoms with Crippen LogP contribution in [0.3, 0.4) is 0 Å². The summed E-state index contributed by atoms with van der Waals surface area (Å²) >= 11 is 2.26. The van der Waals surface area contributed by atoms with Crippen molar-refractivity contribution in [3.8, 4) is 39.1 Å². The van der Waals surface area contributed by atoms with E-state index in [9.17, 15) is 0 Å². The van der Waals surface area contributed by atoms with Gasteiger partial charge in [0.1, 0.15) is 0 Å². The second kappa shape index (κ2) is 8.55. The molecular weight excluding hydrogens is 589 g/mol. The molecule has 4 heteroatoms. The van der Waals surface area contributed by atoms with Crippen molar-refractivity contribution < 1.29 is 0 Å². The lowest BCUT2D eigenvalue weighted by Crippen LogP contribution is -1.98. The second-order valence-electron chi connectivity index (χ2n) is 9.94. The Morgan fingerprint density at radius 1 is 0.641 bits per heavy atom. The highest BCUT2D eigenvalue weighted by molar-refractivity contribution is 14.1. The van der Waals surface area contributed by atoms with Crippen molar-refractivity contribution in [2.24, 2.45) is 0 Å². The number of nitrogens with zero attached hydrogens (tertiary/aromatic N) is 2. The quantitative estimate of drug-likeness (QED) is 0.202. The van der Waals surface area contributed by atoms with Crippen molar-refractivity contribution in [1.82, 2.24) is 9.55 Å². The number of benzene rings is 5. The molecule has 2 heterocycles. The van der Waals surface area contributed by atoms with Gasteiger partial charge in [-0.3, -0.25) is 4.98 Å². The minimum Gasteiger partial charge on any atom is -0.396 e. The van der Waals surface area contributed by atoms with Crippen molar-refractivity contribution in [3.63, 3.8) is 0 Å². The highest BCUT2D eigenvalue weighted by Gasteiger charge is 2.22. The average Bonchev–Trinajstić information content (AvgIpc) is 3.47. The van der Waals surface area contributed by atoms with Crippen LogP contribution in [0.4, 0.5) is 5.69 Å². The summed E-state index contributed by atoms with van der Waals surface area (Å²) in [6.07, 6.45) is 3.91. The Balaban J connectivity index is 1.33. The first-order valence-corrected chi connectivity index (χ1v) is 14.2. The molecule has 1 aliphatic rings. The van der Waals surface area contributed by atoms with Gasteiger partial charge in [0.05, 0.1) is 22.4 Å². The van der Waals surface area contributed by atoms with E-state index in [1.165, 1.54) is 44.2 Å². The Bertz CT molecular complexity index is 2110. The van der Waals surface area contributed by atoms with E-state index in [0.717, 1.165) is 38.9 Å². The van der Waals surface area contributed by atoms with Crippen molar-refractivity contribution in [1.29, 1.82) is 0 Å². The zero-order valence-electron chi connectivity index (χ0n) is 20.9. The van der Waals surface area contributed by atoms with Crippen LogP contribution >= 0.6 is 22.6 Å². The van der Waals surface area contributed by atoms with Gasteiger partial charge in [-0.1, -0.05) is 89.3 Å². The molecule has 7 aromatic rings. The number of hydrogen-bond donors (Lipinski definition) is 1. The predicted molar refractivity (Wildman–Crippen MR) is 173 cm³/mol. The first-order chi connectivity index (χ1) is 19.2. The molecule has 0 radical (unpaired) electrons. The van der Waals surface area contributed by atoms with Crippen LogP contribution in [-0.2, 0) is 0 Å². The number of fused-ring (bicyclic) bond motifs is 6. The maximum Gasteiger partial charge on any atom is 0.0723 e. The molecule has 0 bridgehead atoms. The van der Waals surface area contributed by atoms with E-state index in [2.05, 4.69) is 129 Å². The lowest BCUT2D eigenvalue weighted by molar-refractivity contribution is 1.11. The number of halogens is 1. The molecule has 0 spiro atoms. The lowest BCUT2D eigenvalue weighted by Gasteiger charge is -2.13. The Hall–Kier alpha value is -4.42. The number of aromatic nitrogens is 2. The maximum atomic E-state index is 6.71. The molecule has 1 aliphatic carbocycles. The largest absolute Gasteiger partial charge is 0.396 e. The Morgan fingerprint density at radius 3 is 2.15 bits per heavy atom. The normalized spacial score (nSPS) is 12.2. The molecule has 0 aliphatic heterocycles. The van der Waals surface area contributed by atoms with Crippen molar-refractivity contribution in [2.75, 3.05) is 5.73 Å². The van der Waals surface area contributed by atoms with Gasteiger partial charge in [-0.25, -0.2) is 0 Å². The summed E-state index contributed by atoms with van der Waals surface area (Å²) in [5.41, 5.74) is 19.3. The van der Waals surface area contributed by atoms with Gasteiger partial charge >= 0.3 is 0 Å². The fourth-order valence-corrected chi connectivity index (χ4v) is 6.66. The Morgan fingerprint density at radius 2 is 1.36 bits per heavy atom. The van der Waals surface area contributed by atoms with Gasteiger partial charge in [-0.2, -0.15) is 0 Å². The lowest BCUT2D eigenvalue weighted by atomic mass is 9.94. The van der Waals surface area contributed by atoms with Crippen LogP contribution in [0.1, 0.15) is 5.69 Å². The van der Waals surface area contributed by atoms with E-state index in [1.807, 2.05) is 22.4 Å². The summed E-state index contributed by atoms with van der Waals surface area (Å²) in [6.45, 7) is 0. The molecule has 184 valence electrons. The van der Waals surface area contributed by atoms with Gasteiger partial charge in [-0.15, -0.1) is 0 Å².